The number of esters is 1. The summed E-state index contributed by atoms with van der Waals surface area (Å²) in [5.74, 6) is -1.30. The van der Waals surface area contributed by atoms with E-state index in [1.165, 1.54) is 6.08 Å². The highest BCUT2D eigenvalue weighted by Crippen LogP contribution is 2.43. The molecule has 0 fully saturated rings. The number of hydrogen-bond acceptors (Lipinski definition) is 4. The lowest BCUT2D eigenvalue weighted by Crippen LogP contribution is -2.65. The summed E-state index contributed by atoms with van der Waals surface area (Å²) in [6.07, 6.45) is 1.74. The molecule has 5 nitrogen and oxygen atoms in total. The van der Waals surface area contributed by atoms with Crippen molar-refractivity contribution in [2.45, 2.75) is 30.4 Å². The van der Waals surface area contributed by atoms with Crippen LogP contribution in [0.3, 0.4) is 0 Å². The average Bonchev–Trinajstić information content (AvgIpc) is 2.83. The van der Waals surface area contributed by atoms with Gasteiger partial charge in [0.1, 0.15) is 6.61 Å². The lowest BCUT2D eigenvalue weighted by molar-refractivity contribution is -0.170. The maximum absolute atomic E-state index is 14.2. The van der Waals surface area contributed by atoms with Crippen molar-refractivity contribution in [3.63, 3.8) is 0 Å². The number of nitrogens with zero attached hydrogens (tertiary/aromatic N) is 1. The van der Waals surface area contributed by atoms with Crippen LogP contribution in [-0.4, -0.2) is 41.5 Å². The van der Waals surface area contributed by atoms with Crippen molar-refractivity contribution in [2.24, 2.45) is 0 Å². The van der Waals surface area contributed by atoms with Crippen molar-refractivity contribution in [3.05, 3.63) is 48.0 Å². The van der Waals surface area contributed by atoms with Gasteiger partial charge in [-0.1, -0.05) is 42.5 Å². The second kappa shape index (κ2) is 7.82. The standard InChI is InChI=1S/C17H18ClF2NO4/c1-24-14(22)16(17(18,19)20)10-6-3-7-11-21(16)15(23)25-12-13-8-4-2-5-9-13/h2-6,8-9H,7,10-12H2,1H3. The maximum atomic E-state index is 14.2. The molecule has 2 rings (SSSR count). The van der Waals surface area contributed by atoms with Crippen LogP contribution in [0.2, 0.25) is 0 Å². The van der Waals surface area contributed by atoms with Crippen LogP contribution in [0.5, 0.6) is 0 Å². The topological polar surface area (TPSA) is 55.8 Å². The third-order valence-corrected chi connectivity index (χ3v) is 4.29. The Morgan fingerprint density at radius 1 is 1.28 bits per heavy atom. The molecule has 0 saturated heterocycles. The number of methoxy groups -OCH3 is 1. The van der Waals surface area contributed by atoms with E-state index in [0.717, 1.165) is 7.11 Å². The second-order valence-corrected chi connectivity index (χ2v) is 5.98. The van der Waals surface area contributed by atoms with Crippen molar-refractivity contribution < 1.29 is 27.8 Å². The highest BCUT2D eigenvalue weighted by molar-refractivity contribution is 6.24. The number of hydrogen-bond donors (Lipinski definition) is 0. The van der Waals surface area contributed by atoms with Gasteiger partial charge in [0.2, 0.25) is 5.54 Å². The molecular formula is C17H18ClF2NO4. The molecule has 0 spiro atoms. The molecule has 25 heavy (non-hydrogen) atoms. The number of halogens is 3. The van der Waals surface area contributed by atoms with Crippen molar-refractivity contribution in [3.8, 4) is 0 Å². The molecule has 0 aliphatic carbocycles. The molecule has 0 N–H and O–H groups in total. The lowest BCUT2D eigenvalue weighted by atomic mass is 9.93. The van der Waals surface area contributed by atoms with Crippen LogP contribution in [-0.2, 0) is 20.9 Å². The molecule has 1 amide bonds. The largest absolute Gasteiger partial charge is 0.467 e. The number of benzene rings is 1. The van der Waals surface area contributed by atoms with Crippen LogP contribution in [0, 0.1) is 0 Å². The van der Waals surface area contributed by atoms with Gasteiger partial charge in [-0.05, 0) is 23.6 Å². The quantitative estimate of drug-likeness (QED) is 0.458. The first-order chi connectivity index (χ1) is 11.8. The number of ether oxygens (including phenoxy) is 2. The summed E-state index contributed by atoms with van der Waals surface area (Å²) in [6.45, 7) is -0.268. The highest BCUT2D eigenvalue weighted by Gasteiger charge is 2.64. The minimum atomic E-state index is -4.04. The summed E-state index contributed by atoms with van der Waals surface area (Å²) < 4.78 is 38.1. The molecule has 0 aromatic heterocycles. The fourth-order valence-corrected chi connectivity index (χ4v) is 2.92. The first-order valence-corrected chi connectivity index (χ1v) is 7.99. The maximum Gasteiger partial charge on any atom is 0.411 e. The van der Waals surface area contributed by atoms with E-state index in [9.17, 15) is 18.4 Å². The number of carbonyl (C=O) groups is 2. The predicted octanol–water partition coefficient (Wildman–Crippen LogP) is 3.72. The first kappa shape index (κ1) is 19.2. The highest BCUT2D eigenvalue weighted by atomic mass is 35.5. The van der Waals surface area contributed by atoms with E-state index in [0.29, 0.717) is 10.5 Å². The molecule has 136 valence electrons. The third kappa shape index (κ3) is 3.92. The van der Waals surface area contributed by atoms with Crippen LogP contribution < -0.4 is 0 Å². The molecule has 0 bridgehead atoms. The van der Waals surface area contributed by atoms with Crippen molar-refractivity contribution >= 4 is 23.7 Å². The molecule has 1 aliphatic rings. The molecule has 0 saturated carbocycles. The Kier molecular flexibility index (Phi) is 6.00. The van der Waals surface area contributed by atoms with Gasteiger partial charge in [0, 0.05) is 13.0 Å². The third-order valence-electron chi connectivity index (χ3n) is 3.98. The summed E-state index contributed by atoms with van der Waals surface area (Å²) in [5, 5.41) is -4.04. The number of carbonyl (C=O) groups excluding carboxylic acids is 2. The van der Waals surface area contributed by atoms with Crippen molar-refractivity contribution in [2.75, 3.05) is 13.7 Å². The van der Waals surface area contributed by atoms with Crippen molar-refractivity contribution in [1.82, 2.24) is 4.90 Å². The van der Waals surface area contributed by atoms with Crippen LogP contribution in [0.15, 0.2) is 42.5 Å². The Labute approximate surface area is 149 Å². The van der Waals surface area contributed by atoms with E-state index in [4.69, 9.17) is 16.3 Å². The summed E-state index contributed by atoms with van der Waals surface area (Å²) in [6, 6.07) is 8.75. The molecule has 1 heterocycles. The number of rotatable bonds is 4. The monoisotopic (exact) mass is 373 g/mol. The molecule has 1 aromatic carbocycles. The van der Waals surface area contributed by atoms with Crippen LogP contribution in [0.1, 0.15) is 18.4 Å². The van der Waals surface area contributed by atoms with Crippen LogP contribution >= 0.6 is 11.6 Å². The SMILES string of the molecule is COC(=O)C1(C(F)(F)Cl)CC=CCCN1C(=O)OCc1ccccc1. The van der Waals surface area contributed by atoms with Gasteiger partial charge in [0.15, 0.2) is 0 Å². The van der Waals surface area contributed by atoms with Gasteiger partial charge in [0.05, 0.1) is 7.11 Å². The Balaban J connectivity index is 2.30. The van der Waals surface area contributed by atoms with Gasteiger partial charge in [-0.3, -0.25) is 4.90 Å². The molecule has 1 aromatic rings. The molecule has 1 unspecified atom stereocenters. The van der Waals surface area contributed by atoms with E-state index in [2.05, 4.69) is 4.74 Å². The Morgan fingerprint density at radius 2 is 1.96 bits per heavy atom. The molecule has 1 aliphatic heterocycles. The van der Waals surface area contributed by atoms with Gasteiger partial charge in [0.25, 0.3) is 0 Å². The zero-order valence-electron chi connectivity index (χ0n) is 13.6. The minimum absolute atomic E-state index is 0.116. The van der Waals surface area contributed by atoms with E-state index in [-0.39, 0.29) is 19.6 Å². The Morgan fingerprint density at radius 3 is 2.56 bits per heavy atom. The molecular weight excluding hydrogens is 356 g/mol. The van der Waals surface area contributed by atoms with Gasteiger partial charge < -0.3 is 9.47 Å². The first-order valence-electron chi connectivity index (χ1n) is 7.61. The number of amides is 1. The van der Waals surface area contributed by atoms with Gasteiger partial charge in [-0.2, -0.15) is 8.78 Å². The van der Waals surface area contributed by atoms with E-state index in [1.54, 1.807) is 36.4 Å². The summed E-state index contributed by atoms with van der Waals surface area (Å²) >= 11 is 5.25. The lowest BCUT2D eigenvalue weighted by Gasteiger charge is -2.41. The smallest absolute Gasteiger partial charge is 0.411 e. The zero-order valence-corrected chi connectivity index (χ0v) is 14.3. The van der Waals surface area contributed by atoms with Gasteiger partial charge in [-0.25, -0.2) is 9.59 Å². The average molecular weight is 374 g/mol. The normalized spacial score (nSPS) is 20.7. The summed E-state index contributed by atoms with van der Waals surface area (Å²) in [4.78, 5) is 25.4. The Hall–Kier alpha value is -2.15. The van der Waals surface area contributed by atoms with Crippen molar-refractivity contribution in [1.29, 1.82) is 0 Å². The molecule has 8 heteroatoms. The van der Waals surface area contributed by atoms with Crippen LogP contribution in [0.25, 0.3) is 0 Å². The summed E-state index contributed by atoms with van der Waals surface area (Å²) in [5.41, 5.74) is -1.98. The number of alkyl halides is 3. The summed E-state index contributed by atoms with van der Waals surface area (Å²) in [7, 11) is 0.967. The minimum Gasteiger partial charge on any atom is -0.467 e. The molecule has 0 radical (unpaired) electrons. The fourth-order valence-electron chi connectivity index (χ4n) is 2.67. The second-order valence-electron chi connectivity index (χ2n) is 5.51. The zero-order chi connectivity index (χ0) is 18.5. The molecule has 1 atom stereocenters. The van der Waals surface area contributed by atoms with Gasteiger partial charge in [-0.15, -0.1) is 0 Å². The van der Waals surface area contributed by atoms with E-state index in [1.807, 2.05) is 0 Å². The fraction of sp³-hybridized carbons (Fsp3) is 0.412. The van der Waals surface area contributed by atoms with Crippen LogP contribution in [0.4, 0.5) is 13.6 Å². The van der Waals surface area contributed by atoms with E-state index >= 15 is 0 Å². The Bertz CT molecular complexity index is 648. The van der Waals surface area contributed by atoms with E-state index < -0.39 is 29.4 Å². The predicted molar refractivity (Wildman–Crippen MR) is 87.3 cm³/mol. The van der Waals surface area contributed by atoms with Gasteiger partial charge >= 0.3 is 17.4 Å².